The molecule has 0 radical (unpaired) electrons. The van der Waals surface area contributed by atoms with Gasteiger partial charge in [0, 0.05) is 35.5 Å². The zero-order chi connectivity index (χ0) is 22.5. The first-order chi connectivity index (χ1) is 15.6. The zero-order valence-corrected chi connectivity index (χ0v) is 19.6. The van der Waals surface area contributed by atoms with Gasteiger partial charge in [-0.1, -0.05) is 48.3 Å². The molecule has 0 bridgehead atoms. The highest BCUT2D eigenvalue weighted by Gasteiger charge is 2.26. The molecule has 168 valence electrons. The summed E-state index contributed by atoms with van der Waals surface area (Å²) in [5, 5.41) is 13.1. The molecule has 1 amide bonds. The quantitative estimate of drug-likeness (QED) is 0.438. The molecule has 3 aromatic rings. The van der Waals surface area contributed by atoms with Crippen LogP contribution in [0.1, 0.15) is 31.7 Å². The van der Waals surface area contributed by atoms with Crippen LogP contribution in [0.5, 0.6) is 11.5 Å². The lowest BCUT2D eigenvalue weighted by molar-refractivity contribution is -0.113. The number of carbonyl (C=O) groups is 1. The van der Waals surface area contributed by atoms with Crippen LogP contribution < -0.4 is 14.8 Å². The van der Waals surface area contributed by atoms with Crippen molar-refractivity contribution < 1.29 is 14.3 Å². The second-order valence-corrected chi connectivity index (χ2v) is 8.88. The molecule has 1 aliphatic carbocycles. The Balaban J connectivity index is 1.52. The number of hydrogen-bond donors (Lipinski definition) is 1. The molecule has 1 saturated carbocycles. The van der Waals surface area contributed by atoms with E-state index in [0.717, 1.165) is 29.4 Å². The van der Waals surface area contributed by atoms with Crippen LogP contribution in [0, 0.1) is 0 Å². The minimum absolute atomic E-state index is 0.148. The Labute approximate surface area is 196 Å². The van der Waals surface area contributed by atoms with Gasteiger partial charge in [-0.2, -0.15) is 0 Å². The molecule has 4 rings (SSSR count). The molecule has 0 unspecified atom stereocenters. The third-order valence-corrected chi connectivity index (χ3v) is 6.71. The van der Waals surface area contributed by atoms with E-state index in [-0.39, 0.29) is 11.7 Å². The van der Waals surface area contributed by atoms with E-state index in [1.54, 1.807) is 32.4 Å². The van der Waals surface area contributed by atoms with Crippen molar-refractivity contribution >= 4 is 35.0 Å². The normalized spacial score (nSPS) is 13.8. The molecule has 0 saturated heterocycles. The number of nitrogens with zero attached hydrogens (tertiary/aromatic N) is 3. The average Bonchev–Trinajstić information content (AvgIpc) is 3.47. The minimum Gasteiger partial charge on any atom is -0.497 e. The van der Waals surface area contributed by atoms with Gasteiger partial charge in [-0.05, 0) is 25.0 Å². The first kappa shape index (κ1) is 22.5. The third-order valence-electron chi connectivity index (χ3n) is 5.44. The lowest BCUT2D eigenvalue weighted by Crippen LogP contribution is -2.15. The van der Waals surface area contributed by atoms with E-state index in [9.17, 15) is 4.79 Å². The zero-order valence-electron chi connectivity index (χ0n) is 18.0. The number of hydrogen-bond acceptors (Lipinski definition) is 6. The maximum Gasteiger partial charge on any atom is 0.234 e. The number of methoxy groups -OCH3 is 2. The van der Waals surface area contributed by atoms with Gasteiger partial charge in [0.1, 0.15) is 11.5 Å². The Hall–Kier alpha value is -2.71. The van der Waals surface area contributed by atoms with Crippen LogP contribution in [-0.4, -0.2) is 40.6 Å². The van der Waals surface area contributed by atoms with Gasteiger partial charge in [0.2, 0.25) is 5.91 Å². The van der Waals surface area contributed by atoms with E-state index in [2.05, 4.69) is 20.1 Å². The van der Waals surface area contributed by atoms with E-state index in [1.165, 1.54) is 24.6 Å². The van der Waals surface area contributed by atoms with Crippen LogP contribution in [0.3, 0.4) is 0 Å². The van der Waals surface area contributed by atoms with Gasteiger partial charge in [-0.15, -0.1) is 10.2 Å². The smallest absolute Gasteiger partial charge is 0.234 e. The molecule has 1 fully saturated rings. The lowest BCUT2D eigenvalue weighted by atomic mass is 10.2. The van der Waals surface area contributed by atoms with Gasteiger partial charge in [0.15, 0.2) is 11.0 Å². The van der Waals surface area contributed by atoms with Gasteiger partial charge >= 0.3 is 0 Å². The van der Waals surface area contributed by atoms with Crippen LogP contribution in [0.25, 0.3) is 11.4 Å². The van der Waals surface area contributed by atoms with Crippen LogP contribution in [0.2, 0.25) is 5.02 Å². The molecule has 32 heavy (non-hydrogen) atoms. The van der Waals surface area contributed by atoms with Crippen molar-refractivity contribution in [2.24, 2.45) is 0 Å². The first-order valence-corrected chi connectivity index (χ1v) is 11.8. The summed E-state index contributed by atoms with van der Waals surface area (Å²) in [5.74, 6) is 2.02. The Kier molecular flexibility index (Phi) is 7.22. The summed E-state index contributed by atoms with van der Waals surface area (Å²) in [6, 6.07) is 13.2. The van der Waals surface area contributed by atoms with Crippen molar-refractivity contribution in [3.05, 3.63) is 47.5 Å². The Morgan fingerprint density at radius 1 is 1.12 bits per heavy atom. The Bertz CT molecular complexity index is 1080. The predicted octanol–water partition coefficient (Wildman–Crippen LogP) is 5.46. The summed E-state index contributed by atoms with van der Waals surface area (Å²) >= 11 is 7.82. The summed E-state index contributed by atoms with van der Waals surface area (Å²) in [4.78, 5) is 12.7. The molecular weight excluding hydrogens is 448 g/mol. The molecule has 1 N–H and O–H groups in total. The van der Waals surface area contributed by atoms with Crippen molar-refractivity contribution in [1.82, 2.24) is 14.8 Å². The highest BCUT2D eigenvalue weighted by molar-refractivity contribution is 7.99. The fraction of sp³-hybridized carbons (Fsp3) is 0.348. The van der Waals surface area contributed by atoms with Crippen molar-refractivity contribution in [1.29, 1.82) is 0 Å². The number of aromatic nitrogens is 3. The monoisotopic (exact) mass is 472 g/mol. The number of amides is 1. The Morgan fingerprint density at radius 3 is 2.47 bits per heavy atom. The topological polar surface area (TPSA) is 78.3 Å². The van der Waals surface area contributed by atoms with E-state index in [0.29, 0.717) is 28.3 Å². The molecule has 0 aliphatic heterocycles. The van der Waals surface area contributed by atoms with Crippen LogP contribution in [0.4, 0.5) is 5.69 Å². The van der Waals surface area contributed by atoms with E-state index >= 15 is 0 Å². The van der Waals surface area contributed by atoms with Gasteiger partial charge in [-0.25, -0.2) is 0 Å². The molecule has 0 atom stereocenters. The lowest BCUT2D eigenvalue weighted by Gasteiger charge is -2.17. The maximum atomic E-state index is 12.7. The van der Waals surface area contributed by atoms with Gasteiger partial charge in [-0.3, -0.25) is 9.36 Å². The van der Waals surface area contributed by atoms with Crippen molar-refractivity contribution in [3.63, 3.8) is 0 Å². The average molecular weight is 473 g/mol. The molecule has 0 spiro atoms. The van der Waals surface area contributed by atoms with Crippen LogP contribution >= 0.6 is 23.4 Å². The highest BCUT2D eigenvalue weighted by Crippen LogP contribution is 2.38. The molecular formula is C23H25ClN4O3S. The molecule has 1 heterocycles. The molecule has 2 aromatic carbocycles. The largest absolute Gasteiger partial charge is 0.497 e. The first-order valence-electron chi connectivity index (χ1n) is 10.4. The summed E-state index contributed by atoms with van der Waals surface area (Å²) in [7, 11) is 3.14. The number of rotatable bonds is 8. The van der Waals surface area contributed by atoms with Gasteiger partial charge < -0.3 is 14.8 Å². The number of halogens is 1. The number of carbonyl (C=O) groups excluding carboxylic acids is 1. The van der Waals surface area contributed by atoms with Crippen molar-refractivity contribution in [2.45, 2.75) is 36.9 Å². The Morgan fingerprint density at radius 2 is 1.81 bits per heavy atom. The highest BCUT2D eigenvalue weighted by atomic mass is 35.5. The summed E-state index contributed by atoms with van der Waals surface area (Å²) in [6.07, 6.45) is 4.48. The number of nitrogens with one attached hydrogen (secondary N) is 1. The van der Waals surface area contributed by atoms with E-state index < -0.39 is 0 Å². The number of thioether (sulfide) groups is 1. The standard InChI is InChI=1S/C23H25ClN4O3S/c1-30-17-11-15(12-18(13-17)31-2)25-21(29)14-32-23-27-26-22(19-9-5-6-10-20(19)24)28(23)16-7-3-4-8-16/h5-6,9-13,16H,3-4,7-8,14H2,1-2H3,(H,25,29). The number of ether oxygens (including phenoxy) is 2. The van der Waals surface area contributed by atoms with Gasteiger partial charge in [0.25, 0.3) is 0 Å². The number of anilines is 1. The molecule has 7 nitrogen and oxygen atoms in total. The van der Waals surface area contributed by atoms with Crippen molar-refractivity contribution in [3.8, 4) is 22.9 Å². The second kappa shape index (κ2) is 10.3. The maximum absolute atomic E-state index is 12.7. The summed E-state index contributed by atoms with van der Waals surface area (Å²) in [5.41, 5.74) is 1.47. The number of benzene rings is 2. The summed E-state index contributed by atoms with van der Waals surface area (Å²) in [6.45, 7) is 0. The third kappa shape index (κ3) is 5.02. The van der Waals surface area contributed by atoms with E-state index in [1.807, 2.05) is 24.3 Å². The van der Waals surface area contributed by atoms with E-state index in [4.69, 9.17) is 21.1 Å². The molecule has 9 heteroatoms. The fourth-order valence-electron chi connectivity index (χ4n) is 3.90. The fourth-order valence-corrected chi connectivity index (χ4v) is 4.93. The van der Waals surface area contributed by atoms with Crippen molar-refractivity contribution in [2.75, 3.05) is 25.3 Å². The SMILES string of the molecule is COc1cc(NC(=O)CSc2nnc(-c3ccccc3Cl)n2C2CCCC2)cc(OC)c1. The molecule has 1 aliphatic rings. The summed E-state index contributed by atoms with van der Waals surface area (Å²) < 4.78 is 12.7. The van der Waals surface area contributed by atoms with Gasteiger partial charge in [0.05, 0.1) is 25.0 Å². The second-order valence-electron chi connectivity index (χ2n) is 7.53. The van der Waals surface area contributed by atoms with Crippen LogP contribution in [-0.2, 0) is 4.79 Å². The minimum atomic E-state index is -0.148. The molecule has 1 aromatic heterocycles. The predicted molar refractivity (Wildman–Crippen MR) is 127 cm³/mol. The van der Waals surface area contributed by atoms with Crippen LogP contribution in [0.15, 0.2) is 47.6 Å².